The van der Waals surface area contributed by atoms with E-state index < -0.39 is 0 Å². The number of Topliss-reactive ketones (excluding diaryl/α,β-unsaturated/α-hetero) is 1. The van der Waals surface area contributed by atoms with Crippen molar-refractivity contribution in [3.8, 4) is 0 Å². The number of aromatic amines is 1. The molecule has 4 heteroatoms. The number of ketones is 1. The van der Waals surface area contributed by atoms with Crippen molar-refractivity contribution in [2.75, 3.05) is 19.6 Å². The predicted molar refractivity (Wildman–Crippen MR) is 58.8 cm³/mol. The molecule has 1 aromatic heterocycles. The van der Waals surface area contributed by atoms with Gasteiger partial charge in [0.25, 0.3) is 0 Å². The van der Waals surface area contributed by atoms with E-state index in [1.54, 1.807) is 6.20 Å². The summed E-state index contributed by atoms with van der Waals surface area (Å²) in [6.07, 6.45) is 4.05. The van der Waals surface area contributed by atoms with E-state index in [1.807, 2.05) is 12.1 Å². The number of H-pyrrole nitrogens is 1. The number of likely N-dealkylation sites (tertiary alicyclic amines) is 1. The lowest BCUT2D eigenvalue weighted by molar-refractivity contribution is 0.0919. The molecular weight excluding hydrogens is 190 g/mol. The van der Waals surface area contributed by atoms with Crippen molar-refractivity contribution >= 4 is 5.78 Å². The lowest BCUT2D eigenvalue weighted by Crippen LogP contribution is -2.38. The van der Waals surface area contributed by atoms with Gasteiger partial charge in [0.2, 0.25) is 0 Å². The average molecular weight is 207 g/mol. The van der Waals surface area contributed by atoms with Gasteiger partial charge in [0.05, 0.1) is 12.2 Å². The summed E-state index contributed by atoms with van der Waals surface area (Å²) in [6, 6.07) is 4.05. The van der Waals surface area contributed by atoms with Crippen molar-refractivity contribution in [3.05, 3.63) is 24.0 Å². The van der Waals surface area contributed by atoms with Gasteiger partial charge in [0.15, 0.2) is 5.78 Å². The van der Waals surface area contributed by atoms with E-state index in [9.17, 15) is 4.79 Å². The summed E-state index contributed by atoms with van der Waals surface area (Å²) in [6.45, 7) is 2.13. The van der Waals surface area contributed by atoms with Gasteiger partial charge < -0.3 is 10.7 Å². The molecular formula is C11H17N3O. The fourth-order valence-corrected chi connectivity index (χ4v) is 2.14. The predicted octanol–water partition coefficient (Wildman–Crippen LogP) is 0.620. The molecule has 1 atom stereocenters. The van der Waals surface area contributed by atoms with Crippen LogP contribution in [0.5, 0.6) is 0 Å². The van der Waals surface area contributed by atoms with Crippen LogP contribution < -0.4 is 5.73 Å². The summed E-state index contributed by atoms with van der Waals surface area (Å²) < 4.78 is 0. The molecule has 1 aliphatic rings. The second-order valence-corrected chi connectivity index (χ2v) is 4.01. The fraction of sp³-hybridized carbons (Fsp3) is 0.545. The van der Waals surface area contributed by atoms with Gasteiger partial charge in [0.1, 0.15) is 0 Å². The normalized spacial score (nSPS) is 22.1. The van der Waals surface area contributed by atoms with Crippen LogP contribution in [0.4, 0.5) is 0 Å². The summed E-state index contributed by atoms with van der Waals surface area (Å²) in [7, 11) is 0. The highest BCUT2D eigenvalue weighted by Gasteiger charge is 2.25. The zero-order valence-corrected chi connectivity index (χ0v) is 8.78. The number of nitrogens with one attached hydrogen (secondary N) is 1. The number of nitrogens with two attached hydrogens (primary N) is 1. The van der Waals surface area contributed by atoms with Crippen LogP contribution >= 0.6 is 0 Å². The Morgan fingerprint density at radius 2 is 2.53 bits per heavy atom. The monoisotopic (exact) mass is 207 g/mol. The van der Waals surface area contributed by atoms with E-state index in [4.69, 9.17) is 5.73 Å². The molecule has 1 saturated heterocycles. The zero-order valence-electron chi connectivity index (χ0n) is 8.78. The third-order valence-corrected chi connectivity index (χ3v) is 3.02. The van der Waals surface area contributed by atoms with Crippen LogP contribution in [-0.4, -0.2) is 41.3 Å². The Balaban J connectivity index is 1.94. The molecule has 0 unspecified atom stereocenters. The van der Waals surface area contributed by atoms with Gasteiger partial charge >= 0.3 is 0 Å². The van der Waals surface area contributed by atoms with Crippen molar-refractivity contribution in [1.82, 2.24) is 9.88 Å². The number of aromatic nitrogens is 1. The van der Waals surface area contributed by atoms with E-state index >= 15 is 0 Å². The van der Waals surface area contributed by atoms with Gasteiger partial charge in [-0.3, -0.25) is 9.69 Å². The van der Waals surface area contributed by atoms with Crippen molar-refractivity contribution in [2.45, 2.75) is 18.9 Å². The average Bonchev–Trinajstić information content (AvgIpc) is 2.87. The summed E-state index contributed by atoms with van der Waals surface area (Å²) >= 11 is 0. The molecule has 15 heavy (non-hydrogen) atoms. The zero-order chi connectivity index (χ0) is 10.7. The molecule has 1 fully saturated rings. The minimum absolute atomic E-state index is 0.153. The first-order valence-electron chi connectivity index (χ1n) is 5.42. The molecule has 1 aromatic rings. The third-order valence-electron chi connectivity index (χ3n) is 3.02. The summed E-state index contributed by atoms with van der Waals surface area (Å²) in [5.74, 6) is 0.153. The van der Waals surface area contributed by atoms with Crippen LogP contribution in [0.15, 0.2) is 18.3 Å². The Bertz CT molecular complexity index is 321. The molecule has 2 rings (SSSR count). The molecule has 1 aliphatic heterocycles. The topological polar surface area (TPSA) is 62.1 Å². The van der Waals surface area contributed by atoms with Gasteiger partial charge in [-0.1, -0.05) is 0 Å². The molecule has 82 valence electrons. The van der Waals surface area contributed by atoms with Crippen LogP contribution in [0, 0.1) is 0 Å². The second-order valence-electron chi connectivity index (χ2n) is 4.01. The van der Waals surface area contributed by atoms with Crippen LogP contribution in [0.2, 0.25) is 0 Å². The summed E-state index contributed by atoms with van der Waals surface area (Å²) in [5, 5.41) is 0. The highest BCUT2D eigenvalue weighted by atomic mass is 16.1. The van der Waals surface area contributed by atoms with Crippen molar-refractivity contribution < 1.29 is 4.79 Å². The molecule has 3 N–H and O–H groups in total. The molecule has 0 spiro atoms. The molecule has 2 heterocycles. The Morgan fingerprint density at radius 3 is 3.20 bits per heavy atom. The lowest BCUT2D eigenvalue weighted by atomic mass is 10.2. The van der Waals surface area contributed by atoms with Crippen LogP contribution in [0.25, 0.3) is 0 Å². The number of hydrogen-bond donors (Lipinski definition) is 2. The van der Waals surface area contributed by atoms with Gasteiger partial charge in [-0.2, -0.15) is 0 Å². The maximum absolute atomic E-state index is 11.8. The first-order chi connectivity index (χ1) is 7.31. The van der Waals surface area contributed by atoms with E-state index in [0.29, 0.717) is 24.8 Å². The Labute approximate surface area is 89.5 Å². The van der Waals surface area contributed by atoms with E-state index in [2.05, 4.69) is 9.88 Å². The Hall–Kier alpha value is -1.13. The number of rotatable bonds is 4. The number of carbonyl (C=O) groups is 1. The summed E-state index contributed by atoms with van der Waals surface area (Å²) in [5.41, 5.74) is 6.35. The lowest BCUT2D eigenvalue weighted by Gasteiger charge is -2.21. The minimum Gasteiger partial charge on any atom is -0.359 e. The molecule has 4 nitrogen and oxygen atoms in total. The standard InChI is InChI=1S/C11H17N3O/c12-7-9-3-2-6-14(9)8-11(15)10-4-1-5-13-10/h1,4-5,9,13H,2-3,6-8,12H2/t9-/m0/s1. The highest BCUT2D eigenvalue weighted by molar-refractivity contribution is 5.95. The van der Waals surface area contributed by atoms with E-state index in [1.165, 1.54) is 0 Å². The molecule has 0 amide bonds. The molecule has 0 aliphatic carbocycles. The van der Waals surface area contributed by atoms with Crippen LogP contribution in [0.3, 0.4) is 0 Å². The van der Waals surface area contributed by atoms with Crippen LogP contribution in [-0.2, 0) is 0 Å². The first kappa shape index (κ1) is 10.4. The fourth-order valence-electron chi connectivity index (χ4n) is 2.14. The van der Waals surface area contributed by atoms with Crippen molar-refractivity contribution in [2.24, 2.45) is 5.73 Å². The van der Waals surface area contributed by atoms with Gasteiger partial charge in [-0.05, 0) is 31.5 Å². The number of hydrogen-bond acceptors (Lipinski definition) is 3. The smallest absolute Gasteiger partial charge is 0.192 e. The molecule has 0 saturated carbocycles. The quantitative estimate of drug-likeness (QED) is 0.711. The molecule has 0 aromatic carbocycles. The number of nitrogens with zero attached hydrogens (tertiary/aromatic N) is 1. The molecule has 0 radical (unpaired) electrons. The second kappa shape index (κ2) is 4.59. The minimum atomic E-state index is 0.153. The van der Waals surface area contributed by atoms with Gasteiger partial charge in [-0.25, -0.2) is 0 Å². The van der Waals surface area contributed by atoms with Crippen LogP contribution in [0.1, 0.15) is 23.3 Å². The maximum atomic E-state index is 11.8. The third kappa shape index (κ3) is 2.27. The number of carbonyl (C=O) groups excluding carboxylic acids is 1. The van der Waals surface area contributed by atoms with E-state index in [0.717, 1.165) is 19.4 Å². The summed E-state index contributed by atoms with van der Waals surface area (Å²) in [4.78, 5) is 16.9. The highest BCUT2D eigenvalue weighted by Crippen LogP contribution is 2.16. The van der Waals surface area contributed by atoms with E-state index in [-0.39, 0.29) is 5.78 Å². The Kier molecular flexibility index (Phi) is 3.18. The van der Waals surface area contributed by atoms with Crippen molar-refractivity contribution in [1.29, 1.82) is 0 Å². The Morgan fingerprint density at radius 1 is 1.67 bits per heavy atom. The van der Waals surface area contributed by atoms with Gasteiger partial charge in [0, 0.05) is 18.8 Å². The van der Waals surface area contributed by atoms with Gasteiger partial charge in [-0.15, -0.1) is 0 Å². The SMILES string of the molecule is NC[C@@H]1CCCN1CC(=O)c1ccc[nH]1. The molecule has 0 bridgehead atoms. The maximum Gasteiger partial charge on any atom is 0.192 e. The first-order valence-corrected chi connectivity index (χ1v) is 5.42. The van der Waals surface area contributed by atoms with Crippen molar-refractivity contribution in [3.63, 3.8) is 0 Å². The largest absolute Gasteiger partial charge is 0.359 e.